The number of hydrogen-bond donors (Lipinski definition) is 3. The van der Waals surface area contributed by atoms with Crippen LogP contribution >= 0.6 is 0 Å². The van der Waals surface area contributed by atoms with Crippen molar-refractivity contribution in [3.8, 4) is 0 Å². The quantitative estimate of drug-likeness (QED) is 0.592. The second kappa shape index (κ2) is 2.95. The van der Waals surface area contributed by atoms with Crippen LogP contribution < -0.4 is 16.4 Å². The summed E-state index contributed by atoms with van der Waals surface area (Å²) in [4.78, 5) is 12.1. The fourth-order valence-corrected chi connectivity index (χ4v) is 2.85. The molecule has 0 bridgehead atoms. The van der Waals surface area contributed by atoms with Crippen LogP contribution in [0.5, 0.6) is 0 Å². The molecule has 0 aromatic carbocycles. The molecule has 3 rings (SSSR count). The maximum absolute atomic E-state index is 12.1. The summed E-state index contributed by atoms with van der Waals surface area (Å²) < 4.78 is 0. The first-order valence-electron chi connectivity index (χ1n) is 5.93. The van der Waals surface area contributed by atoms with Crippen LogP contribution in [0.2, 0.25) is 0 Å². The van der Waals surface area contributed by atoms with Gasteiger partial charge in [0.2, 0.25) is 5.91 Å². The van der Waals surface area contributed by atoms with E-state index in [1.807, 2.05) is 0 Å². The Balaban J connectivity index is 1.59. The van der Waals surface area contributed by atoms with Crippen molar-refractivity contribution in [3.63, 3.8) is 0 Å². The van der Waals surface area contributed by atoms with Crippen molar-refractivity contribution < 1.29 is 4.79 Å². The summed E-state index contributed by atoms with van der Waals surface area (Å²) in [6.07, 6.45) is 4.37. The minimum atomic E-state index is -0.0781. The molecule has 3 aliphatic rings. The summed E-state index contributed by atoms with van der Waals surface area (Å²) in [6.45, 7) is 2.54. The van der Waals surface area contributed by atoms with Gasteiger partial charge >= 0.3 is 0 Å². The average Bonchev–Trinajstić information content (AvgIpc) is 2.85. The highest BCUT2D eigenvalue weighted by Crippen LogP contribution is 2.49. The second-order valence-electron chi connectivity index (χ2n) is 5.57. The second-order valence-corrected chi connectivity index (χ2v) is 5.57. The number of rotatable bonds is 3. The molecule has 15 heavy (non-hydrogen) atoms. The highest BCUT2D eigenvalue weighted by molar-refractivity contribution is 5.84. The molecule has 84 valence electrons. The van der Waals surface area contributed by atoms with E-state index in [2.05, 4.69) is 10.6 Å². The number of nitrogens with two attached hydrogens (primary N) is 1. The lowest BCUT2D eigenvalue weighted by molar-refractivity contribution is -0.138. The Morgan fingerprint density at radius 3 is 2.80 bits per heavy atom. The van der Waals surface area contributed by atoms with Crippen LogP contribution in [-0.4, -0.2) is 31.1 Å². The van der Waals surface area contributed by atoms with E-state index < -0.39 is 0 Å². The molecule has 1 heterocycles. The average molecular weight is 209 g/mol. The number of carbonyl (C=O) groups excluding carboxylic acids is 1. The minimum Gasteiger partial charge on any atom is -0.354 e. The zero-order chi connectivity index (χ0) is 10.5. The third-order valence-electron chi connectivity index (χ3n) is 4.50. The molecule has 3 fully saturated rings. The van der Waals surface area contributed by atoms with Crippen molar-refractivity contribution in [1.29, 1.82) is 0 Å². The molecule has 0 radical (unpaired) electrons. The predicted octanol–water partition coefficient (Wildman–Crippen LogP) is -0.407. The zero-order valence-electron chi connectivity index (χ0n) is 9.01. The molecule has 0 unspecified atom stereocenters. The van der Waals surface area contributed by atoms with E-state index in [0.29, 0.717) is 12.5 Å². The number of amides is 1. The van der Waals surface area contributed by atoms with E-state index in [1.165, 1.54) is 6.42 Å². The summed E-state index contributed by atoms with van der Waals surface area (Å²) in [5.74, 6) is 0.811. The van der Waals surface area contributed by atoms with Gasteiger partial charge in [-0.2, -0.15) is 0 Å². The van der Waals surface area contributed by atoms with E-state index >= 15 is 0 Å². The number of hydrogen-bond acceptors (Lipinski definition) is 3. The van der Waals surface area contributed by atoms with Gasteiger partial charge in [0, 0.05) is 18.6 Å². The Morgan fingerprint density at radius 2 is 2.27 bits per heavy atom. The van der Waals surface area contributed by atoms with Gasteiger partial charge in [-0.05, 0) is 38.1 Å². The third-order valence-corrected chi connectivity index (χ3v) is 4.50. The van der Waals surface area contributed by atoms with E-state index in [1.54, 1.807) is 0 Å². The van der Waals surface area contributed by atoms with Gasteiger partial charge < -0.3 is 16.4 Å². The maximum Gasteiger partial charge on any atom is 0.227 e. The van der Waals surface area contributed by atoms with Crippen LogP contribution in [0.15, 0.2) is 0 Å². The standard InChI is InChI=1S/C11H19N3O/c12-10(3-4-10)6-14-9(15)11-2-1-8(11)5-13-7-11/h8,13H,1-7,12H2,(H,14,15)/t8-,11-/m0/s1. The van der Waals surface area contributed by atoms with Gasteiger partial charge in [-0.15, -0.1) is 0 Å². The molecule has 1 amide bonds. The maximum atomic E-state index is 12.1. The number of fused-ring (bicyclic) bond motifs is 1. The van der Waals surface area contributed by atoms with E-state index in [9.17, 15) is 4.79 Å². The summed E-state index contributed by atoms with van der Waals surface area (Å²) in [5.41, 5.74) is 5.81. The lowest BCUT2D eigenvalue weighted by Gasteiger charge is -2.42. The fourth-order valence-electron chi connectivity index (χ4n) is 2.85. The molecular weight excluding hydrogens is 190 g/mol. The molecular formula is C11H19N3O. The number of nitrogens with one attached hydrogen (secondary N) is 2. The fraction of sp³-hybridized carbons (Fsp3) is 0.909. The largest absolute Gasteiger partial charge is 0.354 e. The summed E-state index contributed by atoms with van der Waals surface area (Å²) >= 11 is 0. The van der Waals surface area contributed by atoms with Gasteiger partial charge in [0.25, 0.3) is 0 Å². The highest BCUT2D eigenvalue weighted by atomic mass is 16.2. The molecule has 4 N–H and O–H groups in total. The van der Waals surface area contributed by atoms with Gasteiger partial charge in [0.15, 0.2) is 0 Å². The lowest BCUT2D eigenvalue weighted by atomic mass is 9.61. The summed E-state index contributed by atoms with van der Waals surface area (Å²) in [7, 11) is 0. The van der Waals surface area contributed by atoms with Gasteiger partial charge in [-0.3, -0.25) is 4.79 Å². The highest BCUT2D eigenvalue weighted by Gasteiger charge is 2.55. The first-order valence-corrected chi connectivity index (χ1v) is 5.93. The van der Waals surface area contributed by atoms with Crippen LogP contribution in [0.3, 0.4) is 0 Å². The Kier molecular flexibility index (Phi) is 1.89. The van der Waals surface area contributed by atoms with Crippen LogP contribution in [0.4, 0.5) is 0 Å². The molecule has 1 aliphatic heterocycles. The first-order chi connectivity index (χ1) is 7.15. The van der Waals surface area contributed by atoms with E-state index in [0.717, 1.165) is 32.4 Å². The minimum absolute atomic E-state index is 0.0718. The Labute approximate surface area is 90.0 Å². The van der Waals surface area contributed by atoms with Crippen LogP contribution in [-0.2, 0) is 4.79 Å². The van der Waals surface area contributed by atoms with E-state index in [4.69, 9.17) is 5.73 Å². The van der Waals surface area contributed by atoms with E-state index in [-0.39, 0.29) is 16.9 Å². The van der Waals surface area contributed by atoms with Gasteiger partial charge in [0.1, 0.15) is 0 Å². The van der Waals surface area contributed by atoms with Crippen molar-refractivity contribution in [3.05, 3.63) is 0 Å². The molecule has 0 spiro atoms. The SMILES string of the molecule is NC1(CNC(=O)[C@]23CC[C@H]2CNC3)CC1. The smallest absolute Gasteiger partial charge is 0.227 e. The van der Waals surface area contributed by atoms with Gasteiger partial charge in [0.05, 0.1) is 5.41 Å². The molecule has 4 heteroatoms. The molecule has 4 nitrogen and oxygen atoms in total. The molecule has 2 atom stereocenters. The molecule has 2 aliphatic carbocycles. The van der Waals surface area contributed by atoms with Gasteiger partial charge in [-0.1, -0.05) is 0 Å². The Hall–Kier alpha value is -0.610. The molecule has 1 saturated heterocycles. The van der Waals surface area contributed by atoms with Crippen molar-refractivity contribution in [2.24, 2.45) is 17.1 Å². The van der Waals surface area contributed by atoms with Crippen molar-refractivity contribution >= 4 is 5.91 Å². The topological polar surface area (TPSA) is 67.1 Å². The van der Waals surface area contributed by atoms with Gasteiger partial charge in [-0.25, -0.2) is 0 Å². The zero-order valence-corrected chi connectivity index (χ0v) is 9.01. The van der Waals surface area contributed by atoms with Crippen molar-refractivity contribution in [2.75, 3.05) is 19.6 Å². The Bertz CT molecular complexity index is 300. The number of carbonyl (C=O) groups is 1. The first kappa shape index (κ1) is 9.60. The molecule has 0 aromatic heterocycles. The monoisotopic (exact) mass is 209 g/mol. The van der Waals surface area contributed by atoms with Crippen LogP contribution in [0.1, 0.15) is 25.7 Å². The summed E-state index contributed by atoms with van der Waals surface area (Å²) in [6, 6.07) is 0. The van der Waals surface area contributed by atoms with Crippen molar-refractivity contribution in [2.45, 2.75) is 31.2 Å². The van der Waals surface area contributed by atoms with Crippen LogP contribution in [0.25, 0.3) is 0 Å². The lowest BCUT2D eigenvalue weighted by Crippen LogP contribution is -2.54. The molecule has 0 aromatic rings. The summed E-state index contributed by atoms with van der Waals surface area (Å²) in [5, 5.41) is 6.37. The molecule has 2 saturated carbocycles. The Morgan fingerprint density at radius 1 is 1.47 bits per heavy atom. The normalized spacial score (nSPS) is 40.5. The third kappa shape index (κ3) is 1.39. The van der Waals surface area contributed by atoms with Crippen molar-refractivity contribution in [1.82, 2.24) is 10.6 Å². The van der Waals surface area contributed by atoms with Crippen LogP contribution in [0, 0.1) is 11.3 Å². The predicted molar refractivity (Wildman–Crippen MR) is 57.2 cm³/mol.